The van der Waals surface area contributed by atoms with E-state index in [1.807, 2.05) is 20.8 Å². The van der Waals surface area contributed by atoms with Crippen molar-refractivity contribution < 1.29 is 4.79 Å². The van der Waals surface area contributed by atoms with Crippen molar-refractivity contribution in [1.29, 1.82) is 0 Å². The Labute approximate surface area is 141 Å². The van der Waals surface area contributed by atoms with Crippen LogP contribution < -0.4 is 10.6 Å². The monoisotopic (exact) mass is 322 g/mol. The van der Waals surface area contributed by atoms with E-state index < -0.39 is 0 Å². The van der Waals surface area contributed by atoms with E-state index in [1.54, 1.807) is 0 Å². The van der Waals surface area contributed by atoms with Gasteiger partial charge < -0.3 is 15.5 Å². The molecule has 0 aromatic carbocycles. The van der Waals surface area contributed by atoms with Gasteiger partial charge in [0.15, 0.2) is 5.96 Å². The second-order valence-electron chi connectivity index (χ2n) is 7.95. The quantitative estimate of drug-likeness (QED) is 0.474. The van der Waals surface area contributed by atoms with Gasteiger partial charge >= 0.3 is 0 Å². The molecule has 1 aliphatic carbocycles. The number of nitrogens with one attached hydrogen (secondary N) is 2. The molecule has 0 bridgehead atoms. The number of fused-ring (bicyclic) bond motifs is 1. The fourth-order valence-electron chi connectivity index (χ4n) is 3.60. The Hall–Kier alpha value is -1.26. The Morgan fingerprint density at radius 3 is 2.26 bits per heavy atom. The number of rotatable bonds is 4. The van der Waals surface area contributed by atoms with Gasteiger partial charge in [0.2, 0.25) is 5.91 Å². The van der Waals surface area contributed by atoms with Crippen LogP contribution in [0.25, 0.3) is 0 Å². The van der Waals surface area contributed by atoms with Crippen molar-refractivity contribution in [2.45, 2.75) is 53.4 Å². The van der Waals surface area contributed by atoms with Gasteiger partial charge in [-0.2, -0.15) is 0 Å². The molecule has 0 spiro atoms. The lowest BCUT2D eigenvalue weighted by atomic mass is 9.82. The molecule has 5 nitrogen and oxygen atoms in total. The molecule has 1 saturated heterocycles. The first-order valence-corrected chi connectivity index (χ1v) is 9.23. The summed E-state index contributed by atoms with van der Waals surface area (Å²) in [5.74, 6) is 2.82. The Balaban J connectivity index is 1.84. The molecule has 0 aromatic heterocycles. The zero-order valence-electron chi connectivity index (χ0n) is 15.3. The average molecular weight is 322 g/mol. The van der Waals surface area contributed by atoms with Crippen LogP contribution in [0.5, 0.6) is 0 Å². The third kappa shape index (κ3) is 5.11. The zero-order valence-corrected chi connectivity index (χ0v) is 15.3. The van der Waals surface area contributed by atoms with Gasteiger partial charge in [0.25, 0.3) is 0 Å². The second-order valence-corrected chi connectivity index (χ2v) is 7.95. The number of nitrogens with zero attached hydrogens (tertiary/aromatic N) is 2. The zero-order chi connectivity index (χ0) is 16.9. The minimum atomic E-state index is -0.334. The first-order chi connectivity index (χ1) is 10.9. The van der Waals surface area contributed by atoms with Gasteiger partial charge in [-0.1, -0.05) is 33.6 Å². The number of likely N-dealkylation sites (tertiary alicyclic amines) is 1. The largest absolute Gasteiger partial charge is 0.357 e. The number of hydrogen-bond donors (Lipinski definition) is 2. The lowest BCUT2D eigenvalue weighted by molar-refractivity contribution is -0.128. The minimum Gasteiger partial charge on any atom is -0.357 e. The molecule has 132 valence electrons. The van der Waals surface area contributed by atoms with Crippen LogP contribution in [0.3, 0.4) is 0 Å². The number of aliphatic imine (C=N–C) groups is 1. The molecule has 2 rings (SSSR count). The fourth-order valence-corrected chi connectivity index (χ4v) is 3.60. The number of amides is 1. The summed E-state index contributed by atoms with van der Waals surface area (Å²) in [6.07, 6.45) is 5.54. The number of guanidine groups is 1. The standard InChI is InChI=1S/C18H34N4O/c1-5-19-17(21-11-10-20-16(23)18(2,3)4)22-12-14-8-6-7-9-15(14)13-22/h14-15H,5-13H2,1-4H3,(H,19,21)(H,20,23). The number of carbonyl (C=O) groups excluding carboxylic acids is 1. The summed E-state index contributed by atoms with van der Waals surface area (Å²) in [5.41, 5.74) is -0.334. The lowest BCUT2D eigenvalue weighted by Gasteiger charge is -2.22. The van der Waals surface area contributed by atoms with E-state index in [1.165, 1.54) is 25.7 Å². The molecule has 23 heavy (non-hydrogen) atoms. The SMILES string of the molecule is CCNC(=NCCNC(=O)C(C)(C)C)N1CC2CCCCC2C1. The van der Waals surface area contributed by atoms with E-state index in [2.05, 4.69) is 22.5 Å². The van der Waals surface area contributed by atoms with E-state index >= 15 is 0 Å². The fraction of sp³-hybridized carbons (Fsp3) is 0.889. The summed E-state index contributed by atoms with van der Waals surface area (Å²) in [7, 11) is 0. The van der Waals surface area contributed by atoms with Crippen LogP contribution in [0.1, 0.15) is 53.4 Å². The Morgan fingerprint density at radius 1 is 1.13 bits per heavy atom. The van der Waals surface area contributed by atoms with Crippen molar-refractivity contribution in [3.8, 4) is 0 Å². The predicted octanol–water partition coefficient (Wildman–Crippen LogP) is 2.24. The number of carbonyl (C=O) groups is 1. The van der Waals surface area contributed by atoms with Crippen LogP contribution >= 0.6 is 0 Å². The molecule has 2 N–H and O–H groups in total. The highest BCUT2D eigenvalue weighted by Gasteiger charge is 2.35. The molecular weight excluding hydrogens is 288 g/mol. The summed E-state index contributed by atoms with van der Waals surface area (Å²) in [6, 6.07) is 0. The van der Waals surface area contributed by atoms with E-state index in [0.29, 0.717) is 13.1 Å². The van der Waals surface area contributed by atoms with E-state index in [0.717, 1.165) is 37.4 Å². The van der Waals surface area contributed by atoms with E-state index in [4.69, 9.17) is 4.99 Å². The molecule has 1 amide bonds. The Bertz CT molecular complexity index is 413. The summed E-state index contributed by atoms with van der Waals surface area (Å²) in [5, 5.41) is 6.38. The molecule has 2 unspecified atom stereocenters. The highest BCUT2D eigenvalue weighted by atomic mass is 16.2. The molecule has 2 atom stereocenters. The van der Waals surface area contributed by atoms with Gasteiger partial charge in [-0.25, -0.2) is 0 Å². The molecular formula is C18H34N4O. The molecule has 0 radical (unpaired) electrons. The minimum absolute atomic E-state index is 0.0879. The van der Waals surface area contributed by atoms with Crippen molar-refractivity contribution in [3.63, 3.8) is 0 Å². The smallest absolute Gasteiger partial charge is 0.225 e. The first kappa shape index (κ1) is 18.1. The van der Waals surface area contributed by atoms with Crippen LogP contribution in [0, 0.1) is 17.3 Å². The third-order valence-electron chi connectivity index (χ3n) is 4.95. The normalized spacial score (nSPS) is 25.2. The molecule has 1 aliphatic heterocycles. The van der Waals surface area contributed by atoms with Crippen LogP contribution in [0.15, 0.2) is 4.99 Å². The maximum Gasteiger partial charge on any atom is 0.225 e. The van der Waals surface area contributed by atoms with Crippen molar-refractivity contribution in [1.82, 2.24) is 15.5 Å². The summed E-state index contributed by atoms with van der Waals surface area (Å²) >= 11 is 0. The van der Waals surface area contributed by atoms with Crippen molar-refractivity contribution in [2.24, 2.45) is 22.2 Å². The Morgan fingerprint density at radius 2 is 1.74 bits per heavy atom. The van der Waals surface area contributed by atoms with Crippen LogP contribution in [-0.2, 0) is 4.79 Å². The van der Waals surface area contributed by atoms with Crippen molar-refractivity contribution in [2.75, 3.05) is 32.7 Å². The highest BCUT2D eigenvalue weighted by molar-refractivity contribution is 5.81. The summed E-state index contributed by atoms with van der Waals surface area (Å²) in [4.78, 5) is 19.0. The molecule has 2 fully saturated rings. The van der Waals surface area contributed by atoms with Crippen molar-refractivity contribution >= 4 is 11.9 Å². The van der Waals surface area contributed by atoms with E-state index in [9.17, 15) is 4.79 Å². The van der Waals surface area contributed by atoms with Gasteiger partial charge in [0.05, 0.1) is 6.54 Å². The molecule has 2 aliphatic rings. The second kappa shape index (κ2) is 8.02. The van der Waals surface area contributed by atoms with Gasteiger partial charge in [-0.15, -0.1) is 0 Å². The Kier molecular flexibility index (Phi) is 6.31. The van der Waals surface area contributed by atoms with Gasteiger partial charge in [-0.05, 0) is 31.6 Å². The highest BCUT2D eigenvalue weighted by Crippen LogP contribution is 2.35. The molecule has 1 saturated carbocycles. The van der Waals surface area contributed by atoms with Crippen LogP contribution in [-0.4, -0.2) is 49.5 Å². The molecule has 0 aromatic rings. The maximum absolute atomic E-state index is 11.9. The third-order valence-corrected chi connectivity index (χ3v) is 4.95. The maximum atomic E-state index is 11.9. The van der Waals surface area contributed by atoms with Gasteiger partial charge in [-0.3, -0.25) is 9.79 Å². The summed E-state index contributed by atoms with van der Waals surface area (Å²) < 4.78 is 0. The molecule has 5 heteroatoms. The predicted molar refractivity (Wildman–Crippen MR) is 95.5 cm³/mol. The molecule has 1 heterocycles. The lowest BCUT2D eigenvalue weighted by Crippen LogP contribution is -2.41. The van der Waals surface area contributed by atoms with Crippen LogP contribution in [0.4, 0.5) is 0 Å². The van der Waals surface area contributed by atoms with Crippen LogP contribution in [0.2, 0.25) is 0 Å². The number of hydrogen-bond acceptors (Lipinski definition) is 2. The average Bonchev–Trinajstić information content (AvgIpc) is 2.93. The van der Waals surface area contributed by atoms with Gasteiger partial charge in [0, 0.05) is 31.6 Å². The van der Waals surface area contributed by atoms with Crippen molar-refractivity contribution in [3.05, 3.63) is 0 Å². The topological polar surface area (TPSA) is 56.7 Å². The first-order valence-electron chi connectivity index (χ1n) is 9.23. The van der Waals surface area contributed by atoms with Gasteiger partial charge in [0.1, 0.15) is 0 Å². The van der Waals surface area contributed by atoms with E-state index in [-0.39, 0.29) is 11.3 Å². The summed E-state index contributed by atoms with van der Waals surface area (Å²) in [6.45, 7) is 12.3.